The van der Waals surface area contributed by atoms with Crippen molar-refractivity contribution in [2.75, 3.05) is 25.0 Å². The summed E-state index contributed by atoms with van der Waals surface area (Å²) in [5, 5.41) is 3.31. The van der Waals surface area contributed by atoms with Crippen molar-refractivity contribution in [1.82, 2.24) is 9.88 Å². The minimum Gasteiger partial charge on any atom is -0.494 e. The van der Waals surface area contributed by atoms with E-state index in [4.69, 9.17) is 4.74 Å². The molecule has 5 heteroatoms. The quantitative estimate of drug-likeness (QED) is 0.730. The van der Waals surface area contributed by atoms with Crippen molar-refractivity contribution in [3.05, 3.63) is 48.3 Å². The summed E-state index contributed by atoms with van der Waals surface area (Å²) in [6.07, 6.45) is 3.55. The zero-order chi connectivity index (χ0) is 18.1. The van der Waals surface area contributed by atoms with Crippen LogP contribution in [0.4, 0.5) is 11.4 Å². The van der Waals surface area contributed by atoms with Gasteiger partial charge in [-0.15, -0.1) is 0 Å². The van der Waals surface area contributed by atoms with E-state index in [9.17, 15) is 4.79 Å². The predicted molar refractivity (Wildman–Crippen MR) is 102 cm³/mol. The molecule has 2 aromatic rings. The Labute approximate surface area is 150 Å². The van der Waals surface area contributed by atoms with Gasteiger partial charge in [0.15, 0.2) is 0 Å². The fraction of sp³-hybridized carbons (Fsp3) is 0.400. The molecule has 25 heavy (non-hydrogen) atoms. The second kappa shape index (κ2) is 9.67. The van der Waals surface area contributed by atoms with Gasteiger partial charge in [0.25, 0.3) is 5.91 Å². The third-order valence-corrected chi connectivity index (χ3v) is 3.71. The molecule has 0 fully saturated rings. The van der Waals surface area contributed by atoms with Gasteiger partial charge in [0.1, 0.15) is 11.4 Å². The predicted octanol–water partition coefficient (Wildman–Crippen LogP) is 4.49. The second-order valence-electron chi connectivity index (χ2n) is 5.80. The van der Waals surface area contributed by atoms with Crippen LogP contribution in [0.2, 0.25) is 0 Å². The maximum Gasteiger partial charge on any atom is 0.272 e. The zero-order valence-corrected chi connectivity index (χ0v) is 15.3. The van der Waals surface area contributed by atoms with Gasteiger partial charge < -0.3 is 15.0 Å². The summed E-state index contributed by atoms with van der Waals surface area (Å²) in [4.78, 5) is 18.8. The Kier molecular flexibility index (Phi) is 7.26. The van der Waals surface area contributed by atoms with E-state index in [1.54, 1.807) is 12.3 Å². The molecule has 0 aliphatic carbocycles. The highest BCUT2D eigenvalue weighted by atomic mass is 16.5. The number of nitrogens with one attached hydrogen (secondary N) is 1. The summed E-state index contributed by atoms with van der Waals surface area (Å²) in [5.74, 6) is 0.826. The SMILES string of the molecule is CCCN(CCC)C(=O)c1cc(Nc2ccc(OCC)cc2)ccn1. The molecule has 1 N–H and O–H groups in total. The average Bonchev–Trinajstić information content (AvgIpc) is 2.63. The molecular weight excluding hydrogens is 314 g/mol. The second-order valence-corrected chi connectivity index (χ2v) is 5.80. The molecule has 0 unspecified atom stereocenters. The van der Waals surface area contributed by atoms with Gasteiger partial charge in [-0.3, -0.25) is 9.78 Å². The van der Waals surface area contributed by atoms with E-state index in [1.165, 1.54) is 0 Å². The van der Waals surface area contributed by atoms with Crippen molar-refractivity contribution >= 4 is 17.3 Å². The summed E-state index contributed by atoms with van der Waals surface area (Å²) in [7, 11) is 0. The van der Waals surface area contributed by atoms with Crippen molar-refractivity contribution < 1.29 is 9.53 Å². The van der Waals surface area contributed by atoms with E-state index in [-0.39, 0.29) is 5.91 Å². The molecule has 134 valence electrons. The van der Waals surface area contributed by atoms with E-state index < -0.39 is 0 Å². The van der Waals surface area contributed by atoms with Crippen LogP contribution < -0.4 is 10.1 Å². The van der Waals surface area contributed by atoms with E-state index in [0.717, 1.165) is 43.1 Å². The molecule has 0 aliphatic rings. The summed E-state index contributed by atoms with van der Waals surface area (Å²) < 4.78 is 5.45. The number of carbonyl (C=O) groups excluding carboxylic acids is 1. The molecule has 0 bridgehead atoms. The van der Waals surface area contributed by atoms with Crippen LogP contribution in [-0.2, 0) is 0 Å². The first kappa shape index (κ1) is 18.8. The van der Waals surface area contributed by atoms with Crippen molar-refractivity contribution in [2.24, 2.45) is 0 Å². The zero-order valence-electron chi connectivity index (χ0n) is 15.3. The number of amides is 1. The maximum atomic E-state index is 12.7. The Morgan fingerprint density at radius 2 is 1.72 bits per heavy atom. The van der Waals surface area contributed by atoms with E-state index >= 15 is 0 Å². The van der Waals surface area contributed by atoms with E-state index in [1.807, 2.05) is 42.2 Å². The summed E-state index contributed by atoms with van der Waals surface area (Å²) in [6.45, 7) is 8.27. The number of anilines is 2. The van der Waals surface area contributed by atoms with Crippen LogP contribution in [0.1, 0.15) is 44.1 Å². The third kappa shape index (κ3) is 5.48. The number of pyridine rings is 1. The molecule has 0 aliphatic heterocycles. The molecule has 5 nitrogen and oxygen atoms in total. The highest BCUT2D eigenvalue weighted by Gasteiger charge is 2.15. The minimum atomic E-state index is -0.0148. The fourth-order valence-electron chi connectivity index (χ4n) is 2.61. The standard InChI is InChI=1S/C20H27N3O2/c1-4-13-23(14-5-2)20(24)19-15-17(11-12-21-19)22-16-7-9-18(10-8-16)25-6-3/h7-12,15H,4-6,13-14H2,1-3H3,(H,21,22). The van der Waals surface area contributed by atoms with Crippen molar-refractivity contribution in [1.29, 1.82) is 0 Å². The third-order valence-electron chi connectivity index (χ3n) is 3.71. The van der Waals surface area contributed by atoms with Gasteiger partial charge in [0.05, 0.1) is 6.61 Å². The van der Waals surface area contributed by atoms with Gasteiger partial charge in [-0.2, -0.15) is 0 Å². The first-order valence-electron chi connectivity index (χ1n) is 8.93. The van der Waals surface area contributed by atoms with Crippen LogP contribution in [0.15, 0.2) is 42.6 Å². The molecule has 1 amide bonds. The van der Waals surface area contributed by atoms with E-state index in [2.05, 4.69) is 24.1 Å². The average molecular weight is 341 g/mol. The normalized spacial score (nSPS) is 10.4. The van der Waals surface area contributed by atoms with Crippen molar-refractivity contribution in [2.45, 2.75) is 33.6 Å². The fourth-order valence-corrected chi connectivity index (χ4v) is 2.61. The Morgan fingerprint density at radius 1 is 1.04 bits per heavy atom. The number of carbonyl (C=O) groups is 1. The minimum absolute atomic E-state index is 0.0148. The largest absolute Gasteiger partial charge is 0.494 e. The van der Waals surface area contributed by atoms with Gasteiger partial charge >= 0.3 is 0 Å². The summed E-state index contributed by atoms with van der Waals surface area (Å²) in [5.41, 5.74) is 2.25. The molecule has 0 saturated carbocycles. The number of benzene rings is 1. The van der Waals surface area contributed by atoms with Crippen LogP contribution in [0.3, 0.4) is 0 Å². The Bertz CT molecular complexity index is 665. The first-order valence-corrected chi connectivity index (χ1v) is 8.93. The van der Waals surface area contributed by atoms with Crippen LogP contribution in [0.5, 0.6) is 5.75 Å². The van der Waals surface area contributed by atoms with Crippen molar-refractivity contribution in [3.8, 4) is 5.75 Å². The lowest BCUT2D eigenvalue weighted by atomic mass is 10.2. The van der Waals surface area contributed by atoms with E-state index in [0.29, 0.717) is 12.3 Å². The van der Waals surface area contributed by atoms with Crippen LogP contribution >= 0.6 is 0 Å². The smallest absolute Gasteiger partial charge is 0.272 e. The number of nitrogens with zero attached hydrogens (tertiary/aromatic N) is 2. The van der Waals surface area contributed by atoms with Gasteiger partial charge in [-0.25, -0.2) is 0 Å². The van der Waals surface area contributed by atoms with Gasteiger partial charge in [-0.05, 0) is 56.2 Å². The first-order chi connectivity index (χ1) is 12.2. The van der Waals surface area contributed by atoms with Crippen LogP contribution in [0.25, 0.3) is 0 Å². The lowest BCUT2D eigenvalue weighted by molar-refractivity contribution is 0.0749. The highest BCUT2D eigenvalue weighted by Crippen LogP contribution is 2.20. The Hall–Kier alpha value is -2.56. The number of rotatable bonds is 9. The summed E-state index contributed by atoms with van der Waals surface area (Å²) >= 11 is 0. The highest BCUT2D eigenvalue weighted by molar-refractivity contribution is 5.93. The molecule has 1 aromatic carbocycles. The number of hydrogen-bond donors (Lipinski definition) is 1. The van der Waals surface area contributed by atoms with Gasteiger partial charge in [-0.1, -0.05) is 13.8 Å². The topological polar surface area (TPSA) is 54.5 Å². The molecule has 0 saturated heterocycles. The Balaban J connectivity index is 2.10. The molecule has 0 atom stereocenters. The summed E-state index contributed by atoms with van der Waals surface area (Å²) in [6, 6.07) is 11.4. The molecule has 0 radical (unpaired) electrons. The maximum absolute atomic E-state index is 12.7. The van der Waals surface area contributed by atoms with Crippen molar-refractivity contribution in [3.63, 3.8) is 0 Å². The Morgan fingerprint density at radius 3 is 2.32 bits per heavy atom. The van der Waals surface area contributed by atoms with Crippen LogP contribution in [-0.4, -0.2) is 35.5 Å². The number of hydrogen-bond acceptors (Lipinski definition) is 4. The number of aromatic nitrogens is 1. The molecule has 0 spiro atoms. The van der Waals surface area contributed by atoms with Crippen LogP contribution in [0, 0.1) is 0 Å². The lowest BCUT2D eigenvalue weighted by Gasteiger charge is -2.21. The molecule has 2 rings (SSSR count). The monoisotopic (exact) mass is 341 g/mol. The molecule has 1 aromatic heterocycles. The molecular formula is C20H27N3O2. The van der Waals surface area contributed by atoms with Gasteiger partial charge in [0, 0.05) is 30.7 Å². The van der Waals surface area contributed by atoms with Gasteiger partial charge in [0.2, 0.25) is 0 Å². The number of ether oxygens (including phenoxy) is 1. The lowest BCUT2D eigenvalue weighted by Crippen LogP contribution is -2.33. The molecule has 1 heterocycles.